The first-order chi connectivity index (χ1) is 12.2. The molecule has 1 aromatic carbocycles. The number of benzene rings is 1. The Labute approximate surface area is 153 Å². The van der Waals surface area contributed by atoms with E-state index in [1.165, 1.54) is 6.08 Å². The topological polar surface area (TPSA) is 87.9 Å². The van der Waals surface area contributed by atoms with E-state index >= 15 is 0 Å². The molecule has 0 saturated heterocycles. The van der Waals surface area contributed by atoms with E-state index in [4.69, 9.17) is 14.2 Å². The van der Waals surface area contributed by atoms with Gasteiger partial charge in [0.25, 0.3) is 0 Å². The van der Waals surface area contributed by atoms with E-state index in [1.54, 1.807) is 12.1 Å². The predicted octanol–water partition coefficient (Wildman–Crippen LogP) is 3.84. The molecule has 0 radical (unpaired) electrons. The molecule has 0 amide bonds. The van der Waals surface area contributed by atoms with Crippen LogP contribution in [0.4, 0.5) is 0 Å². The lowest BCUT2D eigenvalue weighted by Crippen LogP contribution is -2.22. The van der Waals surface area contributed by atoms with Gasteiger partial charge in [0, 0.05) is 16.9 Å². The maximum atomic E-state index is 11.6. The quantitative estimate of drug-likeness (QED) is 0.229. The molecule has 1 heterocycles. The number of ether oxygens (including phenoxy) is 3. The van der Waals surface area contributed by atoms with Crippen LogP contribution >= 0.6 is 0 Å². The molecule has 0 spiro atoms. The van der Waals surface area contributed by atoms with Gasteiger partial charge in [-0.3, -0.25) is 10.1 Å². The lowest BCUT2D eigenvalue weighted by Gasteiger charge is -2.17. The first kappa shape index (κ1) is 19.8. The fourth-order valence-corrected chi connectivity index (χ4v) is 2.71. The lowest BCUT2D eigenvalue weighted by molar-refractivity contribution is -0.483. The van der Waals surface area contributed by atoms with Gasteiger partial charge in [-0.05, 0) is 57.7 Å². The number of hydrogen-bond donors (Lipinski definition) is 0. The molecule has 1 aliphatic heterocycles. The maximum absolute atomic E-state index is 11.6. The zero-order chi connectivity index (χ0) is 19.2. The fraction of sp³-hybridized carbons (Fsp3) is 0.526. The molecule has 0 aromatic heterocycles. The van der Waals surface area contributed by atoms with Gasteiger partial charge in [0.05, 0.1) is 0 Å². The summed E-state index contributed by atoms with van der Waals surface area (Å²) in [4.78, 5) is 22.3. The van der Waals surface area contributed by atoms with E-state index in [9.17, 15) is 14.9 Å². The highest BCUT2D eigenvalue weighted by atomic mass is 16.7. The molecule has 1 aliphatic rings. The minimum atomic E-state index is -0.516. The zero-order valence-corrected chi connectivity index (χ0v) is 15.4. The van der Waals surface area contributed by atoms with E-state index in [0.717, 1.165) is 12.0 Å². The van der Waals surface area contributed by atoms with Gasteiger partial charge in [0.2, 0.25) is 13.3 Å². The highest BCUT2D eigenvalue weighted by molar-refractivity contribution is 5.82. The number of carbonyl (C=O) groups is 1. The molecule has 0 fully saturated rings. The van der Waals surface area contributed by atoms with Gasteiger partial charge in [-0.1, -0.05) is 12.1 Å². The van der Waals surface area contributed by atoms with Gasteiger partial charge in [0.15, 0.2) is 11.5 Å². The summed E-state index contributed by atoms with van der Waals surface area (Å²) in [6, 6.07) is 5.44. The van der Waals surface area contributed by atoms with Crippen LogP contribution < -0.4 is 9.47 Å². The number of nitrogens with zero attached hydrogens (tertiary/aromatic N) is 1. The maximum Gasteiger partial charge on any atom is 0.330 e. The van der Waals surface area contributed by atoms with Crippen LogP contribution in [0.5, 0.6) is 11.5 Å². The molecule has 1 atom stereocenters. The Morgan fingerprint density at radius 3 is 2.77 bits per heavy atom. The Morgan fingerprint density at radius 1 is 1.35 bits per heavy atom. The molecule has 1 unspecified atom stereocenters. The average Bonchev–Trinajstić information content (AvgIpc) is 2.98. The van der Waals surface area contributed by atoms with Gasteiger partial charge in [-0.25, -0.2) is 4.79 Å². The second-order valence-corrected chi connectivity index (χ2v) is 7.19. The summed E-state index contributed by atoms with van der Waals surface area (Å²) in [6.07, 6.45) is 5.18. The fourth-order valence-electron chi connectivity index (χ4n) is 2.71. The second-order valence-electron chi connectivity index (χ2n) is 7.19. The third-order valence-corrected chi connectivity index (χ3v) is 3.82. The number of unbranched alkanes of at least 4 members (excludes halogenated alkanes) is 1. The molecule has 142 valence electrons. The van der Waals surface area contributed by atoms with Crippen molar-refractivity contribution in [3.05, 3.63) is 46.0 Å². The van der Waals surface area contributed by atoms with Crippen molar-refractivity contribution < 1.29 is 23.9 Å². The number of fused-ring (bicyclic) bond motifs is 1. The van der Waals surface area contributed by atoms with Gasteiger partial charge >= 0.3 is 5.97 Å². The Kier molecular flexibility index (Phi) is 6.60. The van der Waals surface area contributed by atoms with Crippen molar-refractivity contribution in [3.8, 4) is 11.5 Å². The van der Waals surface area contributed by atoms with Gasteiger partial charge < -0.3 is 14.2 Å². The molecular formula is C19H25NO6. The van der Waals surface area contributed by atoms with Crippen LogP contribution in [0.1, 0.15) is 51.5 Å². The largest absolute Gasteiger partial charge is 0.457 e. The Hall–Kier alpha value is -2.57. The van der Waals surface area contributed by atoms with Crippen LogP contribution in [0, 0.1) is 10.1 Å². The molecule has 0 bridgehead atoms. The average molecular weight is 363 g/mol. The van der Waals surface area contributed by atoms with Crippen LogP contribution in [0.2, 0.25) is 0 Å². The number of esters is 1. The molecule has 7 heteroatoms. The van der Waals surface area contributed by atoms with E-state index in [1.807, 2.05) is 32.9 Å². The summed E-state index contributed by atoms with van der Waals surface area (Å²) in [5.41, 5.74) is 0.347. The van der Waals surface area contributed by atoms with Gasteiger partial charge in [0.1, 0.15) is 5.60 Å². The van der Waals surface area contributed by atoms with Crippen LogP contribution in [0.3, 0.4) is 0 Å². The molecule has 26 heavy (non-hydrogen) atoms. The SMILES string of the molecule is CC(C)(C)OC(=O)/C=C/CCCC(C[N+](=O)[O-])c1ccc2c(c1)OCO2. The summed E-state index contributed by atoms with van der Waals surface area (Å²) in [7, 11) is 0. The van der Waals surface area contributed by atoms with Crippen molar-refractivity contribution in [1.82, 2.24) is 0 Å². The van der Waals surface area contributed by atoms with Crippen molar-refractivity contribution in [2.45, 2.75) is 51.6 Å². The first-order valence-electron chi connectivity index (χ1n) is 8.65. The number of nitro groups is 1. The predicted molar refractivity (Wildman–Crippen MR) is 96.0 cm³/mol. The standard InChI is InChI=1S/C19H25NO6/c1-19(2,3)26-18(21)8-6-4-5-7-15(12-20(22)23)14-9-10-16-17(11-14)25-13-24-16/h6,8-11,15H,4-5,7,12-13H2,1-3H3/b8-6+. The molecule has 0 saturated carbocycles. The van der Waals surface area contributed by atoms with Crippen molar-refractivity contribution in [2.24, 2.45) is 0 Å². The first-order valence-corrected chi connectivity index (χ1v) is 8.65. The van der Waals surface area contributed by atoms with E-state index in [2.05, 4.69) is 0 Å². The van der Waals surface area contributed by atoms with Crippen molar-refractivity contribution in [2.75, 3.05) is 13.3 Å². The normalized spacial score (nSPS) is 14.4. The van der Waals surface area contributed by atoms with Gasteiger partial charge in [-0.2, -0.15) is 0 Å². The molecule has 2 rings (SSSR count). The number of carbonyl (C=O) groups excluding carboxylic acids is 1. The van der Waals surface area contributed by atoms with Crippen molar-refractivity contribution in [3.63, 3.8) is 0 Å². The summed E-state index contributed by atoms with van der Waals surface area (Å²) in [5.74, 6) is 0.694. The Bertz CT molecular complexity index is 677. The van der Waals surface area contributed by atoms with Crippen LogP contribution in [-0.2, 0) is 9.53 Å². The van der Waals surface area contributed by atoms with Crippen LogP contribution in [0.25, 0.3) is 0 Å². The minimum Gasteiger partial charge on any atom is -0.457 e. The third-order valence-electron chi connectivity index (χ3n) is 3.82. The monoisotopic (exact) mass is 363 g/mol. The van der Waals surface area contributed by atoms with E-state index in [-0.39, 0.29) is 30.1 Å². The van der Waals surface area contributed by atoms with Crippen molar-refractivity contribution >= 4 is 5.97 Å². The Balaban J connectivity index is 1.88. The highest BCUT2D eigenvalue weighted by Crippen LogP contribution is 2.35. The number of rotatable bonds is 8. The number of hydrogen-bond acceptors (Lipinski definition) is 6. The molecule has 7 nitrogen and oxygen atoms in total. The summed E-state index contributed by atoms with van der Waals surface area (Å²) >= 11 is 0. The van der Waals surface area contributed by atoms with Gasteiger partial charge in [-0.15, -0.1) is 0 Å². The van der Waals surface area contributed by atoms with E-state index < -0.39 is 5.60 Å². The summed E-state index contributed by atoms with van der Waals surface area (Å²) in [5, 5.41) is 11.0. The Morgan fingerprint density at radius 2 is 2.08 bits per heavy atom. The molecule has 0 aliphatic carbocycles. The lowest BCUT2D eigenvalue weighted by atomic mass is 9.93. The zero-order valence-electron chi connectivity index (χ0n) is 15.4. The molecular weight excluding hydrogens is 338 g/mol. The summed E-state index contributed by atoms with van der Waals surface area (Å²) < 4.78 is 15.8. The van der Waals surface area contributed by atoms with E-state index in [0.29, 0.717) is 24.3 Å². The molecule has 1 aromatic rings. The summed E-state index contributed by atoms with van der Waals surface area (Å²) in [6.45, 7) is 5.47. The number of allylic oxidation sites excluding steroid dienone is 1. The second kappa shape index (κ2) is 8.69. The van der Waals surface area contributed by atoms with Crippen LogP contribution in [0.15, 0.2) is 30.4 Å². The third kappa shape index (κ3) is 6.38. The highest BCUT2D eigenvalue weighted by Gasteiger charge is 2.21. The molecule has 0 N–H and O–H groups in total. The smallest absolute Gasteiger partial charge is 0.330 e. The van der Waals surface area contributed by atoms with Crippen LogP contribution in [-0.4, -0.2) is 29.8 Å². The van der Waals surface area contributed by atoms with Crippen molar-refractivity contribution in [1.29, 1.82) is 0 Å². The minimum absolute atomic E-state index is 0.143.